The summed E-state index contributed by atoms with van der Waals surface area (Å²) >= 11 is 3.35. The molecular weight excluding hydrogens is 394 g/mol. The molecular formula is C20H18BrN3O2. The van der Waals surface area contributed by atoms with Crippen molar-refractivity contribution in [1.29, 1.82) is 0 Å². The predicted molar refractivity (Wildman–Crippen MR) is 106 cm³/mol. The molecule has 1 unspecified atom stereocenters. The summed E-state index contributed by atoms with van der Waals surface area (Å²) in [4.78, 5) is 24.7. The third-order valence-corrected chi connectivity index (χ3v) is 4.56. The van der Waals surface area contributed by atoms with Crippen molar-refractivity contribution < 1.29 is 4.79 Å². The molecule has 2 aromatic carbocycles. The monoisotopic (exact) mass is 411 g/mol. The zero-order chi connectivity index (χ0) is 18.7. The van der Waals surface area contributed by atoms with Crippen LogP contribution in [0.4, 0.5) is 5.69 Å². The number of amides is 1. The average Bonchev–Trinajstić information content (AvgIpc) is 2.64. The van der Waals surface area contributed by atoms with E-state index in [4.69, 9.17) is 0 Å². The molecule has 1 N–H and O–H groups in total. The zero-order valence-corrected chi connectivity index (χ0v) is 16.0. The number of aromatic nitrogens is 2. The highest BCUT2D eigenvalue weighted by molar-refractivity contribution is 9.10. The minimum Gasteiger partial charge on any atom is -0.324 e. The van der Waals surface area contributed by atoms with Crippen molar-refractivity contribution in [1.82, 2.24) is 9.78 Å². The van der Waals surface area contributed by atoms with Gasteiger partial charge in [0.05, 0.1) is 5.69 Å². The Bertz CT molecular complexity index is 979. The molecule has 1 aromatic heterocycles. The van der Waals surface area contributed by atoms with Crippen molar-refractivity contribution in [3.8, 4) is 11.3 Å². The Hall–Kier alpha value is -2.73. The van der Waals surface area contributed by atoms with Crippen molar-refractivity contribution in [2.24, 2.45) is 0 Å². The van der Waals surface area contributed by atoms with E-state index in [0.717, 1.165) is 15.6 Å². The average molecular weight is 412 g/mol. The lowest BCUT2D eigenvalue weighted by Gasteiger charge is -2.15. The van der Waals surface area contributed by atoms with Gasteiger partial charge in [-0.15, -0.1) is 0 Å². The van der Waals surface area contributed by atoms with E-state index in [1.54, 1.807) is 25.1 Å². The maximum atomic E-state index is 12.5. The molecule has 0 aliphatic rings. The van der Waals surface area contributed by atoms with Crippen LogP contribution in [0.5, 0.6) is 0 Å². The van der Waals surface area contributed by atoms with Crippen molar-refractivity contribution in [2.45, 2.75) is 19.9 Å². The van der Waals surface area contributed by atoms with Crippen LogP contribution in [0, 0.1) is 6.92 Å². The van der Waals surface area contributed by atoms with Gasteiger partial charge >= 0.3 is 0 Å². The van der Waals surface area contributed by atoms with Gasteiger partial charge in [0.15, 0.2) is 0 Å². The van der Waals surface area contributed by atoms with Crippen molar-refractivity contribution in [3.63, 3.8) is 0 Å². The van der Waals surface area contributed by atoms with E-state index < -0.39 is 6.04 Å². The van der Waals surface area contributed by atoms with Gasteiger partial charge in [-0.3, -0.25) is 9.59 Å². The van der Waals surface area contributed by atoms with Crippen LogP contribution in [-0.2, 0) is 4.79 Å². The third kappa shape index (κ3) is 4.08. The number of hydrogen-bond acceptors (Lipinski definition) is 3. The van der Waals surface area contributed by atoms with Gasteiger partial charge in [0.25, 0.3) is 5.56 Å². The van der Waals surface area contributed by atoms with E-state index in [9.17, 15) is 9.59 Å². The summed E-state index contributed by atoms with van der Waals surface area (Å²) < 4.78 is 2.14. The fourth-order valence-corrected chi connectivity index (χ4v) is 2.74. The first-order valence-electron chi connectivity index (χ1n) is 8.17. The first-order valence-corrected chi connectivity index (χ1v) is 8.97. The van der Waals surface area contributed by atoms with Crippen LogP contribution in [0.15, 0.2) is 69.9 Å². The summed E-state index contributed by atoms with van der Waals surface area (Å²) in [6.45, 7) is 3.66. The number of halogens is 1. The second-order valence-electron chi connectivity index (χ2n) is 6.04. The molecule has 0 saturated carbocycles. The standard InChI is InChI=1S/C20H18BrN3O2/c1-13-3-5-15(6-4-13)18-11-12-19(25)24(23-18)14(2)20(26)22-17-9-7-16(21)8-10-17/h3-12,14H,1-2H3,(H,22,26). The van der Waals surface area contributed by atoms with Gasteiger partial charge in [-0.05, 0) is 44.2 Å². The van der Waals surface area contributed by atoms with Crippen molar-refractivity contribution >= 4 is 27.5 Å². The van der Waals surface area contributed by atoms with Crippen LogP contribution in [0.25, 0.3) is 11.3 Å². The van der Waals surface area contributed by atoms with Crippen LogP contribution in [-0.4, -0.2) is 15.7 Å². The summed E-state index contributed by atoms with van der Waals surface area (Å²) in [6.07, 6.45) is 0. The molecule has 0 bridgehead atoms. The number of nitrogens with zero attached hydrogens (tertiary/aromatic N) is 2. The molecule has 1 atom stereocenters. The normalized spacial score (nSPS) is 11.8. The van der Waals surface area contributed by atoms with Crippen molar-refractivity contribution in [3.05, 3.63) is 81.1 Å². The number of hydrogen-bond donors (Lipinski definition) is 1. The maximum Gasteiger partial charge on any atom is 0.267 e. The lowest BCUT2D eigenvalue weighted by Crippen LogP contribution is -2.33. The van der Waals surface area contributed by atoms with E-state index in [2.05, 4.69) is 26.3 Å². The SMILES string of the molecule is Cc1ccc(-c2ccc(=O)n(C(C)C(=O)Nc3ccc(Br)cc3)n2)cc1. The summed E-state index contributed by atoms with van der Waals surface area (Å²) in [5.41, 5.74) is 3.02. The molecule has 0 aliphatic carbocycles. The van der Waals surface area contributed by atoms with Crippen molar-refractivity contribution in [2.75, 3.05) is 5.32 Å². The lowest BCUT2D eigenvalue weighted by molar-refractivity contribution is -0.119. The second kappa shape index (κ2) is 7.66. The smallest absolute Gasteiger partial charge is 0.267 e. The van der Waals surface area contributed by atoms with Gasteiger partial charge in [0, 0.05) is 21.8 Å². The molecule has 132 valence electrons. The second-order valence-corrected chi connectivity index (χ2v) is 6.96. The van der Waals surface area contributed by atoms with E-state index in [1.807, 2.05) is 43.3 Å². The first-order chi connectivity index (χ1) is 12.4. The fourth-order valence-electron chi connectivity index (χ4n) is 2.47. The number of carbonyl (C=O) groups excluding carboxylic acids is 1. The summed E-state index contributed by atoms with van der Waals surface area (Å²) in [7, 11) is 0. The fraction of sp³-hybridized carbons (Fsp3) is 0.150. The molecule has 26 heavy (non-hydrogen) atoms. The lowest BCUT2D eigenvalue weighted by atomic mass is 10.1. The Morgan fingerprint density at radius 2 is 1.69 bits per heavy atom. The number of carbonyl (C=O) groups is 1. The van der Waals surface area contributed by atoms with E-state index in [1.165, 1.54) is 10.7 Å². The number of benzene rings is 2. The minimum absolute atomic E-state index is 0.303. The Kier molecular flexibility index (Phi) is 5.32. The summed E-state index contributed by atoms with van der Waals surface area (Å²) in [5.74, 6) is -0.303. The number of rotatable bonds is 4. The quantitative estimate of drug-likeness (QED) is 0.699. The predicted octanol–water partition coefficient (Wildman–Crippen LogP) is 4.18. The highest BCUT2D eigenvalue weighted by Gasteiger charge is 2.18. The molecule has 3 aromatic rings. The first kappa shape index (κ1) is 18.1. The minimum atomic E-state index is -0.739. The molecule has 1 heterocycles. The largest absolute Gasteiger partial charge is 0.324 e. The number of aryl methyl sites for hydroxylation is 1. The Morgan fingerprint density at radius 1 is 1.04 bits per heavy atom. The zero-order valence-electron chi connectivity index (χ0n) is 14.4. The van der Waals surface area contributed by atoms with Gasteiger partial charge in [0.1, 0.15) is 6.04 Å². The molecule has 3 rings (SSSR count). The summed E-state index contributed by atoms with van der Waals surface area (Å²) in [6, 6.07) is 17.5. The molecule has 0 saturated heterocycles. The Morgan fingerprint density at radius 3 is 2.35 bits per heavy atom. The van der Waals surface area contributed by atoms with Gasteiger partial charge in [-0.1, -0.05) is 45.8 Å². The highest BCUT2D eigenvalue weighted by Crippen LogP contribution is 2.18. The van der Waals surface area contributed by atoms with Crippen LogP contribution in [0.3, 0.4) is 0 Å². The van der Waals surface area contributed by atoms with Gasteiger partial charge in [0.2, 0.25) is 5.91 Å². The van der Waals surface area contributed by atoms with E-state index >= 15 is 0 Å². The van der Waals surface area contributed by atoms with Gasteiger partial charge < -0.3 is 5.32 Å². The molecule has 6 heteroatoms. The van der Waals surface area contributed by atoms with Crippen LogP contribution in [0.1, 0.15) is 18.5 Å². The molecule has 0 fully saturated rings. The molecule has 0 aliphatic heterocycles. The Labute approximate surface area is 159 Å². The topological polar surface area (TPSA) is 64.0 Å². The molecule has 5 nitrogen and oxygen atoms in total. The molecule has 0 spiro atoms. The summed E-state index contributed by atoms with van der Waals surface area (Å²) in [5, 5.41) is 7.19. The van der Waals surface area contributed by atoms with E-state index in [-0.39, 0.29) is 11.5 Å². The van der Waals surface area contributed by atoms with Crippen LogP contribution in [0.2, 0.25) is 0 Å². The highest BCUT2D eigenvalue weighted by atomic mass is 79.9. The molecule has 0 radical (unpaired) electrons. The van der Waals surface area contributed by atoms with E-state index in [0.29, 0.717) is 11.4 Å². The Balaban J connectivity index is 1.86. The molecule has 1 amide bonds. The third-order valence-electron chi connectivity index (χ3n) is 4.03. The van der Waals surface area contributed by atoms with Gasteiger partial charge in [-0.2, -0.15) is 5.10 Å². The van der Waals surface area contributed by atoms with Crippen LogP contribution < -0.4 is 10.9 Å². The number of anilines is 1. The maximum absolute atomic E-state index is 12.5. The van der Waals surface area contributed by atoms with Crippen LogP contribution >= 0.6 is 15.9 Å². The number of nitrogens with one attached hydrogen (secondary N) is 1. The van der Waals surface area contributed by atoms with Gasteiger partial charge in [-0.25, -0.2) is 4.68 Å².